The molecule has 0 amide bonds. The van der Waals surface area contributed by atoms with Gasteiger partial charge in [0.05, 0.1) is 5.57 Å². The Morgan fingerprint density at radius 2 is 1.43 bits per heavy atom. The van der Waals surface area contributed by atoms with E-state index in [1.165, 1.54) is 53.9 Å². The minimum Gasteiger partial charge on any atom is -0.330 e. The predicted octanol–water partition coefficient (Wildman–Crippen LogP) is 8.47. The second kappa shape index (κ2) is 8.26. The summed E-state index contributed by atoms with van der Waals surface area (Å²) in [6.07, 6.45) is 8.08. The van der Waals surface area contributed by atoms with Gasteiger partial charge in [0.15, 0.2) is 11.6 Å². The van der Waals surface area contributed by atoms with E-state index in [1.54, 1.807) is 11.3 Å². The van der Waals surface area contributed by atoms with Gasteiger partial charge in [0.25, 0.3) is 0 Å². The Labute approximate surface area is 221 Å². The van der Waals surface area contributed by atoms with Gasteiger partial charge in [-0.3, -0.25) is 9.59 Å². The van der Waals surface area contributed by atoms with Crippen molar-refractivity contribution in [2.24, 2.45) is 0 Å². The summed E-state index contributed by atoms with van der Waals surface area (Å²) < 4.78 is 0. The van der Waals surface area contributed by atoms with Crippen LogP contribution in [0, 0.1) is 0 Å². The topological polar surface area (TPSA) is 37.4 Å². The molecule has 4 heteroatoms. The molecular weight excluding hydrogens is 474 g/mol. The third-order valence-corrected chi connectivity index (χ3v) is 9.63. The molecule has 1 aromatic heterocycles. The minimum atomic E-state index is -0.163. The molecule has 2 heterocycles. The van der Waals surface area contributed by atoms with Gasteiger partial charge < -0.3 is 4.90 Å². The molecule has 0 saturated heterocycles. The summed E-state index contributed by atoms with van der Waals surface area (Å²) in [6, 6.07) is 23.1. The van der Waals surface area contributed by atoms with Crippen molar-refractivity contribution in [2.45, 2.75) is 57.4 Å². The van der Waals surface area contributed by atoms with E-state index in [1.807, 2.05) is 42.5 Å². The van der Waals surface area contributed by atoms with Crippen molar-refractivity contribution in [3.05, 3.63) is 99.4 Å². The second-order valence-electron chi connectivity index (χ2n) is 11.1. The SMILES string of the molecule is CC1(C)c2ccccc2N(C2CCCCC2)c2sc(C=C3C(=O)c4cc5ccccc5cc4C3=O)cc21. The fourth-order valence-electron chi connectivity index (χ4n) is 6.55. The van der Waals surface area contributed by atoms with Crippen molar-refractivity contribution < 1.29 is 9.59 Å². The highest BCUT2D eigenvalue weighted by Gasteiger charge is 2.41. The van der Waals surface area contributed by atoms with E-state index in [-0.39, 0.29) is 22.6 Å². The second-order valence-corrected chi connectivity index (χ2v) is 12.2. The van der Waals surface area contributed by atoms with Crippen LogP contribution in [0.1, 0.15) is 82.7 Å². The molecule has 7 rings (SSSR count). The molecular formula is C33H29NO2S. The van der Waals surface area contributed by atoms with E-state index in [9.17, 15) is 9.59 Å². The van der Waals surface area contributed by atoms with Crippen LogP contribution in [-0.4, -0.2) is 17.6 Å². The molecule has 0 radical (unpaired) electrons. The Bertz CT molecular complexity index is 1580. The number of hydrogen-bond donors (Lipinski definition) is 0. The van der Waals surface area contributed by atoms with E-state index >= 15 is 0 Å². The molecule has 1 fully saturated rings. The lowest BCUT2D eigenvalue weighted by Crippen LogP contribution is -2.39. The number of anilines is 2. The summed E-state index contributed by atoms with van der Waals surface area (Å²) in [7, 11) is 0. The van der Waals surface area contributed by atoms with Crippen molar-refractivity contribution in [1.29, 1.82) is 0 Å². The first-order chi connectivity index (χ1) is 17.9. The van der Waals surface area contributed by atoms with Crippen LogP contribution in [0.5, 0.6) is 0 Å². The Hall–Kier alpha value is -3.50. The number of allylic oxidation sites excluding steroid dienone is 1. The van der Waals surface area contributed by atoms with Crippen molar-refractivity contribution in [3.63, 3.8) is 0 Å². The monoisotopic (exact) mass is 503 g/mol. The highest BCUT2D eigenvalue weighted by Crippen LogP contribution is 2.54. The third-order valence-electron chi connectivity index (χ3n) is 8.55. The van der Waals surface area contributed by atoms with Gasteiger partial charge >= 0.3 is 0 Å². The summed E-state index contributed by atoms with van der Waals surface area (Å²) >= 11 is 1.72. The molecule has 0 atom stereocenters. The van der Waals surface area contributed by atoms with Crippen LogP contribution in [0.3, 0.4) is 0 Å². The molecule has 184 valence electrons. The average Bonchev–Trinajstić information content (AvgIpc) is 3.44. The zero-order valence-electron chi connectivity index (χ0n) is 21.2. The number of carbonyl (C=O) groups is 2. The molecule has 37 heavy (non-hydrogen) atoms. The van der Waals surface area contributed by atoms with Gasteiger partial charge in [0.1, 0.15) is 5.00 Å². The Morgan fingerprint density at radius 3 is 2.11 bits per heavy atom. The standard InChI is InChI=1S/C33H29NO2S/c1-33(2)27-14-8-9-15-29(27)34(22-12-4-3-5-13-22)32-28(33)19-23(37-32)18-26-30(35)24-16-20-10-6-7-11-21(20)17-25(24)31(26)36/h6-11,14-19,22H,3-5,12-13H2,1-2H3. The highest BCUT2D eigenvalue weighted by molar-refractivity contribution is 7.17. The highest BCUT2D eigenvalue weighted by atomic mass is 32.1. The number of ketones is 2. The molecule has 3 aromatic carbocycles. The summed E-state index contributed by atoms with van der Waals surface area (Å²) in [5, 5.41) is 3.24. The lowest BCUT2D eigenvalue weighted by molar-refractivity contribution is 0.0990. The summed E-state index contributed by atoms with van der Waals surface area (Å²) in [4.78, 5) is 30.4. The Balaban J connectivity index is 1.35. The number of hydrogen-bond acceptors (Lipinski definition) is 4. The minimum absolute atomic E-state index is 0.158. The van der Waals surface area contributed by atoms with E-state index in [4.69, 9.17) is 0 Å². The smallest absolute Gasteiger partial charge is 0.197 e. The number of thiophene rings is 1. The zero-order valence-corrected chi connectivity index (χ0v) is 22.0. The third kappa shape index (κ3) is 3.39. The maximum Gasteiger partial charge on any atom is 0.197 e. The quantitative estimate of drug-likeness (QED) is 0.203. The molecule has 4 aromatic rings. The van der Waals surface area contributed by atoms with E-state index in [0.29, 0.717) is 17.2 Å². The van der Waals surface area contributed by atoms with Crippen LogP contribution < -0.4 is 4.90 Å². The van der Waals surface area contributed by atoms with Gasteiger partial charge in [-0.2, -0.15) is 0 Å². The predicted molar refractivity (Wildman–Crippen MR) is 152 cm³/mol. The molecule has 0 spiro atoms. The average molecular weight is 504 g/mol. The first-order valence-corrected chi connectivity index (χ1v) is 14.1. The summed E-state index contributed by atoms with van der Waals surface area (Å²) in [5.74, 6) is -0.326. The van der Waals surface area contributed by atoms with E-state index < -0.39 is 0 Å². The molecule has 0 unspecified atom stereocenters. The lowest BCUT2D eigenvalue weighted by Gasteiger charge is -2.44. The number of carbonyl (C=O) groups excluding carboxylic acids is 2. The number of rotatable bonds is 2. The number of para-hydroxylation sites is 1. The van der Waals surface area contributed by atoms with Crippen molar-refractivity contribution in [1.82, 2.24) is 0 Å². The largest absolute Gasteiger partial charge is 0.330 e. The van der Waals surface area contributed by atoms with Crippen molar-refractivity contribution in [3.8, 4) is 0 Å². The van der Waals surface area contributed by atoms with Crippen molar-refractivity contribution in [2.75, 3.05) is 4.90 Å². The summed E-state index contributed by atoms with van der Waals surface area (Å²) in [6.45, 7) is 4.58. The van der Waals surface area contributed by atoms with E-state index in [0.717, 1.165) is 15.6 Å². The molecule has 1 aliphatic heterocycles. The van der Waals surface area contributed by atoms with Gasteiger partial charge in [-0.15, -0.1) is 11.3 Å². The number of nitrogens with zero attached hydrogens (tertiary/aromatic N) is 1. The van der Waals surface area contributed by atoms with Gasteiger partial charge in [-0.25, -0.2) is 0 Å². The molecule has 2 aliphatic carbocycles. The summed E-state index contributed by atoms with van der Waals surface area (Å²) in [5.41, 5.74) is 5.10. The van der Waals surface area contributed by atoms with E-state index in [2.05, 4.69) is 49.1 Å². The van der Waals surface area contributed by atoms with Crippen molar-refractivity contribution >= 4 is 50.4 Å². The molecule has 3 aliphatic rings. The molecule has 0 N–H and O–H groups in total. The number of Topliss-reactive ketones (excluding diaryl/α,β-unsaturated/α-hetero) is 2. The Morgan fingerprint density at radius 1 is 0.811 bits per heavy atom. The fourth-order valence-corrected chi connectivity index (χ4v) is 7.90. The van der Waals surface area contributed by atoms with Gasteiger partial charge in [0.2, 0.25) is 0 Å². The van der Waals surface area contributed by atoms with Gasteiger partial charge in [-0.05, 0) is 65.1 Å². The maximum atomic E-state index is 13.4. The molecule has 1 saturated carbocycles. The van der Waals surface area contributed by atoms with Crippen LogP contribution >= 0.6 is 11.3 Å². The zero-order chi connectivity index (χ0) is 25.3. The maximum absolute atomic E-state index is 13.4. The van der Waals surface area contributed by atoms with Crippen LogP contribution in [0.2, 0.25) is 0 Å². The lowest BCUT2D eigenvalue weighted by atomic mass is 9.75. The normalized spacial score (nSPS) is 18.6. The first-order valence-electron chi connectivity index (χ1n) is 13.3. The fraction of sp³-hybridized carbons (Fsp3) is 0.273. The van der Waals surface area contributed by atoms with Crippen LogP contribution in [0.15, 0.2) is 72.3 Å². The number of fused-ring (bicyclic) bond motifs is 4. The van der Waals surface area contributed by atoms with Crippen LogP contribution in [0.4, 0.5) is 10.7 Å². The Kier molecular flexibility index (Phi) is 5.06. The van der Waals surface area contributed by atoms with Crippen LogP contribution in [0.25, 0.3) is 16.8 Å². The molecule has 3 nitrogen and oxygen atoms in total. The van der Waals surface area contributed by atoms with Gasteiger partial charge in [-0.1, -0.05) is 75.6 Å². The first kappa shape index (κ1) is 22.7. The number of benzene rings is 3. The molecule has 0 bridgehead atoms. The van der Waals surface area contributed by atoms with Gasteiger partial charge in [0, 0.05) is 33.1 Å². The van der Waals surface area contributed by atoms with Crippen LogP contribution in [-0.2, 0) is 5.41 Å².